The maximum atomic E-state index is 12.9. The zero-order chi connectivity index (χ0) is 18.8. The Hall–Kier alpha value is -1.75. The summed E-state index contributed by atoms with van der Waals surface area (Å²) in [6.07, 6.45) is 7.01. The van der Waals surface area contributed by atoms with Crippen molar-refractivity contribution < 1.29 is 14.3 Å². The molecule has 5 heteroatoms. The topological polar surface area (TPSA) is 42.0 Å². The van der Waals surface area contributed by atoms with E-state index < -0.39 is 0 Å². The molecule has 27 heavy (non-hydrogen) atoms. The molecule has 1 atom stereocenters. The Morgan fingerprint density at radius 2 is 1.85 bits per heavy atom. The third kappa shape index (κ3) is 4.08. The number of rotatable bonds is 4. The molecule has 1 aromatic rings. The fourth-order valence-electron chi connectivity index (χ4n) is 4.78. The van der Waals surface area contributed by atoms with E-state index in [2.05, 4.69) is 24.0 Å². The molecule has 2 aliphatic heterocycles. The Morgan fingerprint density at radius 1 is 1.11 bits per heavy atom. The average Bonchev–Trinajstić information content (AvgIpc) is 3.15. The van der Waals surface area contributed by atoms with Crippen LogP contribution in [0.25, 0.3) is 0 Å². The number of carbonyl (C=O) groups is 1. The van der Waals surface area contributed by atoms with Crippen molar-refractivity contribution >= 4 is 5.91 Å². The number of nitrogens with zero attached hydrogens (tertiary/aromatic N) is 2. The highest BCUT2D eigenvalue weighted by Gasteiger charge is 2.31. The number of likely N-dealkylation sites (tertiary alicyclic amines) is 1. The highest BCUT2D eigenvalue weighted by atomic mass is 16.6. The Labute approximate surface area is 162 Å². The summed E-state index contributed by atoms with van der Waals surface area (Å²) < 4.78 is 11.4. The summed E-state index contributed by atoms with van der Waals surface area (Å²) in [5.41, 5.74) is 1.23. The normalized spacial score (nSPS) is 28.1. The quantitative estimate of drug-likeness (QED) is 0.809. The highest BCUT2D eigenvalue weighted by molar-refractivity contribution is 5.78. The number of hydrogen-bond donors (Lipinski definition) is 0. The summed E-state index contributed by atoms with van der Waals surface area (Å²) in [6, 6.07) is 6.97. The minimum absolute atomic E-state index is 0.263. The predicted octanol–water partition coefficient (Wildman–Crippen LogP) is 3.63. The van der Waals surface area contributed by atoms with Gasteiger partial charge in [0.1, 0.15) is 13.2 Å². The molecular formula is C22H32N2O3. The van der Waals surface area contributed by atoms with Crippen molar-refractivity contribution in [2.45, 2.75) is 57.5 Å². The first-order valence-corrected chi connectivity index (χ1v) is 10.5. The predicted molar refractivity (Wildman–Crippen MR) is 105 cm³/mol. The van der Waals surface area contributed by atoms with Crippen molar-refractivity contribution in [3.63, 3.8) is 0 Å². The fraction of sp³-hybridized carbons (Fsp3) is 0.682. The molecule has 0 spiro atoms. The molecule has 1 amide bonds. The molecule has 0 radical (unpaired) electrons. The lowest BCUT2D eigenvalue weighted by molar-refractivity contribution is -0.134. The zero-order valence-electron chi connectivity index (χ0n) is 16.7. The summed E-state index contributed by atoms with van der Waals surface area (Å²) in [5, 5.41) is 0. The lowest BCUT2D eigenvalue weighted by Gasteiger charge is -2.35. The molecule has 2 heterocycles. The van der Waals surface area contributed by atoms with Gasteiger partial charge in [0, 0.05) is 19.1 Å². The largest absolute Gasteiger partial charge is 0.486 e. The van der Waals surface area contributed by atoms with Gasteiger partial charge in [-0.2, -0.15) is 0 Å². The van der Waals surface area contributed by atoms with E-state index in [4.69, 9.17) is 9.47 Å². The van der Waals surface area contributed by atoms with Gasteiger partial charge < -0.3 is 14.4 Å². The highest BCUT2D eigenvalue weighted by Crippen LogP contribution is 2.38. The van der Waals surface area contributed by atoms with Crippen LogP contribution in [0.2, 0.25) is 0 Å². The standard InChI is InChI=1S/C22H32N2O3/c1-16-5-8-18(9-6-16)23(2)22(25)15-24-11-3-4-19(24)17-7-10-20-21(14-17)27-13-12-26-20/h7,10,14,16,18-19H,3-6,8-9,11-13,15H2,1-2H3. The van der Waals surface area contributed by atoms with E-state index in [-0.39, 0.29) is 5.91 Å². The molecule has 1 aromatic carbocycles. The second-order valence-electron chi connectivity index (χ2n) is 8.45. The molecule has 1 saturated heterocycles. The number of benzene rings is 1. The van der Waals surface area contributed by atoms with E-state index in [0.29, 0.717) is 31.8 Å². The minimum atomic E-state index is 0.263. The van der Waals surface area contributed by atoms with Crippen LogP contribution in [-0.4, -0.2) is 55.1 Å². The molecule has 3 aliphatic rings. The number of ether oxygens (including phenoxy) is 2. The number of fused-ring (bicyclic) bond motifs is 1. The fourth-order valence-corrected chi connectivity index (χ4v) is 4.78. The Morgan fingerprint density at radius 3 is 2.63 bits per heavy atom. The maximum Gasteiger partial charge on any atom is 0.236 e. The van der Waals surface area contributed by atoms with Gasteiger partial charge in [-0.25, -0.2) is 0 Å². The third-order valence-corrected chi connectivity index (χ3v) is 6.58. The van der Waals surface area contributed by atoms with Gasteiger partial charge in [-0.15, -0.1) is 0 Å². The molecule has 0 bridgehead atoms. The summed E-state index contributed by atoms with van der Waals surface area (Å²) in [6.45, 7) is 5.04. The second-order valence-corrected chi connectivity index (χ2v) is 8.45. The molecule has 0 N–H and O–H groups in total. The SMILES string of the molecule is CC1CCC(N(C)C(=O)CN2CCCC2c2ccc3c(c2)OCCO3)CC1. The van der Waals surface area contributed by atoms with Crippen LogP contribution in [0.15, 0.2) is 18.2 Å². The van der Waals surface area contributed by atoms with Gasteiger partial charge >= 0.3 is 0 Å². The minimum Gasteiger partial charge on any atom is -0.486 e. The number of amides is 1. The van der Waals surface area contributed by atoms with Crippen LogP contribution in [0.1, 0.15) is 57.1 Å². The van der Waals surface area contributed by atoms with Gasteiger partial charge in [0.2, 0.25) is 5.91 Å². The molecule has 1 saturated carbocycles. The van der Waals surface area contributed by atoms with Gasteiger partial charge in [-0.3, -0.25) is 9.69 Å². The molecule has 2 fully saturated rings. The second kappa shape index (κ2) is 8.09. The van der Waals surface area contributed by atoms with Crippen LogP contribution >= 0.6 is 0 Å². The van der Waals surface area contributed by atoms with Gasteiger partial charge in [0.05, 0.1) is 6.54 Å². The van der Waals surface area contributed by atoms with Crippen LogP contribution in [0.3, 0.4) is 0 Å². The Bertz CT molecular complexity index is 670. The number of hydrogen-bond acceptors (Lipinski definition) is 4. The first kappa shape index (κ1) is 18.6. The van der Waals surface area contributed by atoms with Gasteiger partial charge in [0.15, 0.2) is 11.5 Å². The van der Waals surface area contributed by atoms with Gasteiger partial charge in [-0.05, 0) is 68.7 Å². The van der Waals surface area contributed by atoms with Crippen LogP contribution in [-0.2, 0) is 4.79 Å². The lowest BCUT2D eigenvalue weighted by Crippen LogP contribution is -2.44. The molecular weight excluding hydrogens is 340 g/mol. The van der Waals surface area contributed by atoms with E-state index in [1.54, 1.807) is 0 Å². The van der Waals surface area contributed by atoms with Crippen LogP contribution in [0.4, 0.5) is 0 Å². The summed E-state index contributed by atoms with van der Waals surface area (Å²) in [4.78, 5) is 17.3. The first-order valence-electron chi connectivity index (χ1n) is 10.5. The Kier molecular flexibility index (Phi) is 5.58. The summed E-state index contributed by atoms with van der Waals surface area (Å²) in [7, 11) is 2.00. The molecule has 0 aromatic heterocycles. The maximum absolute atomic E-state index is 12.9. The van der Waals surface area contributed by atoms with Crippen molar-refractivity contribution in [1.29, 1.82) is 0 Å². The van der Waals surface area contributed by atoms with Crippen LogP contribution < -0.4 is 9.47 Å². The summed E-state index contributed by atoms with van der Waals surface area (Å²) in [5.74, 6) is 2.74. The van der Waals surface area contributed by atoms with E-state index in [9.17, 15) is 4.79 Å². The molecule has 5 nitrogen and oxygen atoms in total. The number of likely N-dealkylation sites (N-methyl/N-ethyl adjacent to an activating group) is 1. The lowest BCUT2D eigenvalue weighted by atomic mass is 9.87. The summed E-state index contributed by atoms with van der Waals surface area (Å²) >= 11 is 0. The number of carbonyl (C=O) groups excluding carboxylic acids is 1. The van der Waals surface area contributed by atoms with Crippen molar-refractivity contribution in [2.75, 3.05) is 33.4 Å². The molecule has 1 unspecified atom stereocenters. The zero-order valence-corrected chi connectivity index (χ0v) is 16.7. The van der Waals surface area contributed by atoms with Crippen molar-refractivity contribution in [1.82, 2.24) is 9.80 Å². The Balaban J connectivity index is 1.40. The van der Waals surface area contributed by atoms with Crippen molar-refractivity contribution in [3.8, 4) is 11.5 Å². The van der Waals surface area contributed by atoms with Crippen LogP contribution in [0.5, 0.6) is 11.5 Å². The third-order valence-electron chi connectivity index (χ3n) is 6.58. The van der Waals surface area contributed by atoms with E-state index in [1.807, 2.05) is 18.0 Å². The van der Waals surface area contributed by atoms with Crippen molar-refractivity contribution in [3.05, 3.63) is 23.8 Å². The van der Waals surface area contributed by atoms with E-state index >= 15 is 0 Å². The molecule has 4 rings (SSSR count). The molecule has 148 valence electrons. The molecule has 1 aliphatic carbocycles. The van der Waals surface area contributed by atoms with Gasteiger partial charge in [0.25, 0.3) is 0 Å². The smallest absolute Gasteiger partial charge is 0.236 e. The average molecular weight is 373 g/mol. The van der Waals surface area contributed by atoms with Gasteiger partial charge in [-0.1, -0.05) is 13.0 Å². The van der Waals surface area contributed by atoms with Crippen LogP contribution in [0, 0.1) is 5.92 Å². The monoisotopic (exact) mass is 372 g/mol. The van der Waals surface area contributed by atoms with Crippen molar-refractivity contribution in [2.24, 2.45) is 5.92 Å². The first-order chi connectivity index (χ1) is 13.1. The van der Waals surface area contributed by atoms with E-state index in [1.165, 1.54) is 18.4 Å². The van der Waals surface area contributed by atoms with E-state index in [0.717, 1.165) is 49.6 Å².